The van der Waals surface area contributed by atoms with Crippen molar-refractivity contribution in [3.05, 3.63) is 64.7 Å². The molecule has 0 saturated carbocycles. The summed E-state index contributed by atoms with van der Waals surface area (Å²) < 4.78 is 0. The molecule has 0 amide bonds. The molecule has 0 aliphatic carbocycles. The number of hydrogen-bond acceptors (Lipinski definition) is 3. The fourth-order valence-corrected chi connectivity index (χ4v) is 4.38. The molecule has 0 N–H and O–H groups in total. The molecule has 2 nitrogen and oxygen atoms in total. The third-order valence-corrected chi connectivity index (χ3v) is 5.56. The molecular weight excluding hydrogens is 300 g/mol. The topological polar surface area (TPSA) is 27.0 Å². The van der Waals surface area contributed by atoms with Crippen LogP contribution in [0.5, 0.6) is 0 Å². The molecule has 3 heteroatoms. The van der Waals surface area contributed by atoms with Gasteiger partial charge >= 0.3 is 0 Å². The Morgan fingerprint density at radius 3 is 2.78 bits per heavy atom. The third-order valence-electron chi connectivity index (χ3n) is 4.43. The Morgan fingerprint density at radius 2 is 2.00 bits per heavy atom. The SMILES string of the molecule is CN(C)CCCC1c2ccccc2CSc2ccc(C#N)cc21. The van der Waals surface area contributed by atoms with Crippen LogP contribution in [0.4, 0.5) is 0 Å². The zero-order valence-electron chi connectivity index (χ0n) is 13.7. The highest BCUT2D eigenvalue weighted by atomic mass is 32.2. The Bertz CT molecular complexity index is 731. The normalized spacial score (nSPS) is 16.3. The lowest BCUT2D eigenvalue weighted by Gasteiger charge is -2.21. The van der Waals surface area contributed by atoms with Crippen molar-refractivity contribution < 1.29 is 0 Å². The van der Waals surface area contributed by atoms with Gasteiger partial charge in [0.15, 0.2) is 0 Å². The van der Waals surface area contributed by atoms with Crippen molar-refractivity contribution in [3.63, 3.8) is 0 Å². The Kier molecular flexibility index (Phi) is 5.05. The second-order valence-electron chi connectivity index (χ2n) is 6.35. The van der Waals surface area contributed by atoms with Gasteiger partial charge in [-0.05, 0) is 68.4 Å². The monoisotopic (exact) mass is 322 g/mol. The molecule has 0 fully saturated rings. The molecular formula is C20H22N2S. The average molecular weight is 322 g/mol. The first kappa shape index (κ1) is 16.1. The number of nitrogens with zero attached hydrogens (tertiary/aromatic N) is 2. The molecule has 1 aliphatic rings. The minimum absolute atomic E-state index is 0.393. The maximum absolute atomic E-state index is 9.28. The highest BCUT2D eigenvalue weighted by Crippen LogP contribution is 2.42. The van der Waals surface area contributed by atoms with Crippen molar-refractivity contribution in [3.8, 4) is 6.07 Å². The smallest absolute Gasteiger partial charge is 0.0991 e. The van der Waals surface area contributed by atoms with Gasteiger partial charge in [-0.3, -0.25) is 0 Å². The standard InChI is InChI=1S/C20H22N2S/c1-22(2)11-5-8-18-17-7-4-3-6-16(17)14-23-20-10-9-15(13-21)12-19(18)20/h3-4,6-7,9-10,12,18H,5,8,11,14H2,1-2H3. The Hall–Kier alpha value is -1.76. The van der Waals surface area contributed by atoms with E-state index in [0.717, 1.165) is 30.7 Å². The number of nitriles is 1. The second-order valence-corrected chi connectivity index (χ2v) is 7.37. The van der Waals surface area contributed by atoms with Crippen LogP contribution in [0, 0.1) is 11.3 Å². The number of rotatable bonds is 4. The van der Waals surface area contributed by atoms with Crippen LogP contribution in [0.3, 0.4) is 0 Å². The van der Waals surface area contributed by atoms with Crippen molar-refractivity contribution in [2.24, 2.45) is 0 Å². The van der Waals surface area contributed by atoms with E-state index in [0.29, 0.717) is 5.92 Å². The van der Waals surface area contributed by atoms with Crippen LogP contribution < -0.4 is 0 Å². The predicted molar refractivity (Wildman–Crippen MR) is 96.8 cm³/mol. The van der Waals surface area contributed by atoms with E-state index >= 15 is 0 Å². The average Bonchev–Trinajstić information content (AvgIpc) is 2.71. The van der Waals surface area contributed by atoms with E-state index in [-0.39, 0.29) is 0 Å². The summed E-state index contributed by atoms with van der Waals surface area (Å²) in [6.07, 6.45) is 2.28. The van der Waals surface area contributed by atoms with Crippen LogP contribution in [0.15, 0.2) is 47.4 Å². The lowest BCUT2D eigenvalue weighted by molar-refractivity contribution is 0.389. The highest BCUT2D eigenvalue weighted by Gasteiger charge is 2.24. The van der Waals surface area contributed by atoms with Gasteiger partial charge in [-0.1, -0.05) is 24.3 Å². The van der Waals surface area contributed by atoms with Crippen molar-refractivity contribution >= 4 is 11.8 Å². The summed E-state index contributed by atoms with van der Waals surface area (Å²) in [5, 5.41) is 9.28. The van der Waals surface area contributed by atoms with Gasteiger partial charge in [0.05, 0.1) is 11.6 Å². The quantitative estimate of drug-likeness (QED) is 0.820. The molecule has 1 heterocycles. The summed E-state index contributed by atoms with van der Waals surface area (Å²) in [7, 11) is 4.25. The summed E-state index contributed by atoms with van der Waals surface area (Å²) in [4.78, 5) is 3.57. The predicted octanol–water partition coefficient (Wildman–Crippen LogP) is 4.64. The minimum atomic E-state index is 0.393. The van der Waals surface area contributed by atoms with E-state index in [1.54, 1.807) is 0 Å². The fraction of sp³-hybridized carbons (Fsp3) is 0.350. The maximum atomic E-state index is 9.28. The number of hydrogen-bond donors (Lipinski definition) is 0. The van der Waals surface area contributed by atoms with Gasteiger partial charge in [-0.25, -0.2) is 0 Å². The Morgan fingerprint density at radius 1 is 1.17 bits per heavy atom. The zero-order valence-corrected chi connectivity index (χ0v) is 14.6. The largest absolute Gasteiger partial charge is 0.309 e. The summed E-state index contributed by atoms with van der Waals surface area (Å²) in [6, 6.07) is 17.3. The van der Waals surface area contributed by atoms with Gasteiger partial charge in [0.25, 0.3) is 0 Å². The molecule has 1 atom stereocenters. The van der Waals surface area contributed by atoms with Gasteiger partial charge in [0.1, 0.15) is 0 Å². The molecule has 3 rings (SSSR count). The van der Waals surface area contributed by atoms with Crippen LogP contribution in [0.1, 0.15) is 41.0 Å². The zero-order chi connectivity index (χ0) is 16.2. The molecule has 1 aliphatic heterocycles. The van der Waals surface area contributed by atoms with E-state index in [9.17, 15) is 5.26 Å². The molecule has 0 bridgehead atoms. The maximum Gasteiger partial charge on any atom is 0.0991 e. The van der Waals surface area contributed by atoms with E-state index in [1.165, 1.54) is 21.6 Å². The van der Waals surface area contributed by atoms with Crippen LogP contribution in [-0.2, 0) is 5.75 Å². The molecule has 0 aromatic heterocycles. The van der Waals surface area contributed by atoms with E-state index in [4.69, 9.17) is 0 Å². The number of fused-ring (bicyclic) bond motifs is 2. The van der Waals surface area contributed by atoms with Crippen molar-refractivity contribution in [2.45, 2.75) is 29.4 Å². The number of thioether (sulfide) groups is 1. The lowest BCUT2D eigenvalue weighted by Crippen LogP contribution is -2.14. The van der Waals surface area contributed by atoms with Crippen LogP contribution in [0.2, 0.25) is 0 Å². The summed E-state index contributed by atoms with van der Waals surface area (Å²) in [6.45, 7) is 1.10. The molecule has 0 spiro atoms. The van der Waals surface area contributed by atoms with Crippen molar-refractivity contribution in [2.75, 3.05) is 20.6 Å². The van der Waals surface area contributed by atoms with Crippen molar-refractivity contribution in [1.82, 2.24) is 4.90 Å². The molecule has 2 aromatic carbocycles. The number of benzene rings is 2. The lowest BCUT2D eigenvalue weighted by atomic mass is 9.84. The molecule has 0 saturated heterocycles. The molecule has 23 heavy (non-hydrogen) atoms. The van der Waals surface area contributed by atoms with Crippen LogP contribution in [-0.4, -0.2) is 25.5 Å². The van der Waals surface area contributed by atoms with Gasteiger partial charge in [0, 0.05) is 16.6 Å². The van der Waals surface area contributed by atoms with Gasteiger partial charge in [-0.15, -0.1) is 11.8 Å². The Labute approximate surface area is 143 Å². The van der Waals surface area contributed by atoms with Gasteiger partial charge in [-0.2, -0.15) is 5.26 Å². The summed E-state index contributed by atoms with van der Waals surface area (Å²) >= 11 is 1.90. The summed E-state index contributed by atoms with van der Waals surface area (Å²) in [5.74, 6) is 1.41. The third kappa shape index (κ3) is 3.60. The van der Waals surface area contributed by atoms with Crippen LogP contribution in [0.25, 0.3) is 0 Å². The van der Waals surface area contributed by atoms with E-state index < -0.39 is 0 Å². The first-order valence-corrected chi connectivity index (χ1v) is 9.07. The van der Waals surface area contributed by atoms with Gasteiger partial charge < -0.3 is 4.90 Å². The van der Waals surface area contributed by atoms with E-state index in [2.05, 4.69) is 61.5 Å². The van der Waals surface area contributed by atoms with Crippen molar-refractivity contribution in [1.29, 1.82) is 5.26 Å². The fourth-order valence-electron chi connectivity index (χ4n) is 3.27. The minimum Gasteiger partial charge on any atom is -0.309 e. The molecule has 2 aromatic rings. The molecule has 1 unspecified atom stereocenters. The molecule has 0 radical (unpaired) electrons. The second kappa shape index (κ2) is 7.21. The van der Waals surface area contributed by atoms with E-state index in [1.807, 2.05) is 17.8 Å². The first-order chi connectivity index (χ1) is 11.2. The van der Waals surface area contributed by atoms with Crippen LogP contribution >= 0.6 is 11.8 Å². The summed E-state index contributed by atoms with van der Waals surface area (Å²) in [5.41, 5.74) is 4.97. The highest BCUT2D eigenvalue weighted by molar-refractivity contribution is 7.98. The molecule has 118 valence electrons. The Balaban J connectivity index is 2.01. The van der Waals surface area contributed by atoms with Gasteiger partial charge in [0.2, 0.25) is 0 Å². The first-order valence-electron chi connectivity index (χ1n) is 8.08.